The second-order valence-electron chi connectivity index (χ2n) is 7.30. The number of H-pyrrole nitrogens is 1. The summed E-state index contributed by atoms with van der Waals surface area (Å²) in [5.41, 5.74) is 1.25. The van der Waals surface area contributed by atoms with Crippen molar-refractivity contribution in [2.75, 3.05) is 19.0 Å². The summed E-state index contributed by atoms with van der Waals surface area (Å²) in [5, 5.41) is 4.19. The van der Waals surface area contributed by atoms with Crippen molar-refractivity contribution >= 4 is 68.4 Å². The normalized spacial score (nSPS) is 11.4. The molecule has 10 heteroatoms. The van der Waals surface area contributed by atoms with Gasteiger partial charge in [-0.05, 0) is 54.1 Å². The minimum Gasteiger partial charge on any atom is -0.493 e. The summed E-state index contributed by atoms with van der Waals surface area (Å²) in [4.78, 5) is 31.7. The van der Waals surface area contributed by atoms with Crippen molar-refractivity contribution in [1.82, 2.24) is 9.97 Å². The molecule has 1 heterocycles. The molecule has 4 aromatic rings. The number of methoxy groups -OCH3 is 1. The lowest BCUT2D eigenvalue weighted by molar-refractivity contribution is -0.118. The van der Waals surface area contributed by atoms with Crippen LogP contribution in [-0.4, -0.2) is 29.6 Å². The Morgan fingerprint density at radius 3 is 2.66 bits per heavy atom. The van der Waals surface area contributed by atoms with Crippen LogP contribution in [0.1, 0.15) is 11.4 Å². The molecular formula is C25H18Cl3N3O4. The van der Waals surface area contributed by atoms with Crippen molar-refractivity contribution in [3.63, 3.8) is 0 Å². The van der Waals surface area contributed by atoms with E-state index in [9.17, 15) is 9.59 Å². The van der Waals surface area contributed by atoms with E-state index in [1.165, 1.54) is 7.11 Å². The highest BCUT2D eigenvalue weighted by Gasteiger charge is 2.12. The smallest absolute Gasteiger partial charge is 0.262 e. The number of aromatic nitrogens is 2. The van der Waals surface area contributed by atoms with E-state index in [1.54, 1.807) is 66.7 Å². The average molecular weight is 531 g/mol. The van der Waals surface area contributed by atoms with E-state index in [0.29, 0.717) is 43.7 Å². The van der Waals surface area contributed by atoms with Crippen LogP contribution in [0.5, 0.6) is 11.5 Å². The standard InChI is InChI=1S/C25H18Cl3N3O4/c1-34-22-11-14(6-9-21(22)35-13-23(32)29-19-5-3-2-4-17(19)27)10-18(28)24-30-20-12-15(26)7-8-16(20)25(33)31-24/h2-12H,13H2,1H3,(H,29,32)(H,30,31,33)/b18-10-. The highest BCUT2D eigenvalue weighted by atomic mass is 35.5. The van der Waals surface area contributed by atoms with E-state index < -0.39 is 0 Å². The Balaban J connectivity index is 1.51. The van der Waals surface area contributed by atoms with Gasteiger partial charge in [0, 0.05) is 5.02 Å². The SMILES string of the molecule is COc1cc(/C=C(\Cl)c2nc3cc(Cl)ccc3c(=O)[nH]2)ccc1OCC(=O)Nc1ccccc1Cl. The first-order chi connectivity index (χ1) is 16.8. The Morgan fingerprint density at radius 1 is 1.09 bits per heavy atom. The van der Waals surface area contributed by atoms with Gasteiger partial charge in [-0.3, -0.25) is 9.59 Å². The highest BCUT2D eigenvalue weighted by molar-refractivity contribution is 6.50. The molecule has 7 nitrogen and oxygen atoms in total. The van der Waals surface area contributed by atoms with Crippen molar-refractivity contribution in [2.24, 2.45) is 0 Å². The molecule has 1 aromatic heterocycles. The molecule has 3 aromatic carbocycles. The summed E-state index contributed by atoms with van der Waals surface area (Å²) in [6.07, 6.45) is 1.62. The van der Waals surface area contributed by atoms with Gasteiger partial charge in [-0.1, -0.05) is 53.0 Å². The van der Waals surface area contributed by atoms with Crippen LogP contribution in [0.25, 0.3) is 22.0 Å². The first-order valence-electron chi connectivity index (χ1n) is 10.3. The molecule has 0 unspecified atom stereocenters. The lowest BCUT2D eigenvalue weighted by Crippen LogP contribution is -2.20. The molecule has 0 bridgehead atoms. The number of amides is 1. The third-order valence-corrected chi connectivity index (χ3v) is 5.74. The second-order valence-corrected chi connectivity index (χ2v) is 8.55. The van der Waals surface area contributed by atoms with Crippen LogP contribution in [0.2, 0.25) is 10.0 Å². The van der Waals surface area contributed by atoms with Crippen molar-refractivity contribution < 1.29 is 14.3 Å². The van der Waals surface area contributed by atoms with Crippen molar-refractivity contribution in [3.05, 3.63) is 92.5 Å². The predicted octanol–water partition coefficient (Wildman–Crippen LogP) is 5.99. The number of anilines is 1. The van der Waals surface area contributed by atoms with Gasteiger partial charge in [0.05, 0.1) is 33.8 Å². The highest BCUT2D eigenvalue weighted by Crippen LogP contribution is 2.30. The summed E-state index contributed by atoms with van der Waals surface area (Å²) in [5.74, 6) is 0.572. The summed E-state index contributed by atoms with van der Waals surface area (Å²) in [7, 11) is 1.48. The van der Waals surface area contributed by atoms with E-state index in [-0.39, 0.29) is 28.9 Å². The number of nitrogens with zero attached hydrogens (tertiary/aromatic N) is 1. The first kappa shape index (κ1) is 24.6. The van der Waals surface area contributed by atoms with Gasteiger partial charge in [0.25, 0.3) is 11.5 Å². The molecule has 0 radical (unpaired) electrons. The fourth-order valence-corrected chi connectivity index (χ4v) is 3.79. The zero-order chi connectivity index (χ0) is 24.9. The lowest BCUT2D eigenvalue weighted by atomic mass is 10.2. The van der Waals surface area contributed by atoms with Crippen LogP contribution in [0.4, 0.5) is 5.69 Å². The maximum atomic E-state index is 12.4. The number of para-hydroxylation sites is 1. The van der Waals surface area contributed by atoms with E-state index in [1.807, 2.05) is 0 Å². The molecule has 35 heavy (non-hydrogen) atoms. The van der Waals surface area contributed by atoms with Gasteiger partial charge in [-0.25, -0.2) is 4.98 Å². The molecule has 0 saturated heterocycles. The fraction of sp³-hybridized carbons (Fsp3) is 0.0800. The zero-order valence-electron chi connectivity index (χ0n) is 18.3. The number of hydrogen-bond donors (Lipinski definition) is 2. The van der Waals surface area contributed by atoms with Crippen LogP contribution in [-0.2, 0) is 4.79 Å². The largest absolute Gasteiger partial charge is 0.493 e. The molecule has 0 saturated carbocycles. The summed E-state index contributed by atoms with van der Waals surface area (Å²) in [6.45, 7) is -0.248. The minimum atomic E-state index is -0.376. The van der Waals surface area contributed by atoms with E-state index in [4.69, 9.17) is 44.3 Å². The van der Waals surface area contributed by atoms with E-state index >= 15 is 0 Å². The second kappa shape index (κ2) is 10.8. The zero-order valence-corrected chi connectivity index (χ0v) is 20.5. The number of halogens is 3. The number of aromatic amines is 1. The quantitative estimate of drug-likeness (QED) is 0.306. The average Bonchev–Trinajstić information content (AvgIpc) is 2.84. The molecule has 0 atom stereocenters. The van der Waals surface area contributed by atoms with Gasteiger partial charge in [0.15, 0.2) is 23.9 Å². The number of hydrogen-bond acceptors (Lipinski definition) is 5. The molecule has 178 valence electrons. The van der Waals surface area contributed by atoms with Crippen LogP contribution in [0, 0.1) is 0 Å². The van der Waals surface area contributed by atoms with Crippen LogP contribution >= 0.6 is 34.8 Å². The predicted molar refractivity (Wildman–Crippen MR) is 140 cm³/mol. The van der Waals surface area contributed by atoms with Gasteiger partial charge >= 0.3 is 0 Å². The van der Waals surface area contributed by atoms with Crippen LogP contribution in [0.15, 0.2) is 65.5 Å². The molecule has 0 fully saturated rings. The Kier molecular flexibility index (Phi) is 7.60. The first-order valence-corrected chi connectivity index (χ1v) is 11.4. The summed E-state index contributed by atoms with van der Waals surface area (Å²) >= 11 is 18.5. The molecule has 0 aliphatic carbocycles. The topological polar surface area (TPSA) is 93.3 Å². The Labute approximate surface area is 215 Å². The van der Waals surface area contributed by atoms with Crippen molar-refractivity contribution in [1.29, 1.82) is 0 Å². The third kappa shape index (κ3) is 5.95. The maximum absolute atomic E-state index is 12.4. The summed E-state index contributed by atoms with van der Waals surface area (Å²) in [6, 6.07) is 16.8. The molecular weight excluding hydrogens is 513 g/mol. The van der Waals surface area contributed by atoms with Gasteiger partial charge in [-0.2, -0.15) is 0 Å². The lowest BCUT2D eigenvalue weighted by Gasteiger charge is -2.12. The monoisotopic (exact) mass is 529 g/mol. The van der Waals surface area contributed by atoms with Gasteiger partial charge < -0.3 is 19.8 Å². The van der Waals surface area contributed by atoms with E-state index in [0.717, 1.165) is 0 Å². The van der Waals surface area contributed by atoms with Crippen molar-refractivity contribution in [2.45, 2.75) is 0 Å². The Bertz CT molecular complexity index is 1500. The number of carbonyl (C=O) groups excluding carboxylic acids is 1. The molecule has 4 rings (SSSR count). The van der Waals surface area contributed by atoms with E-state index in [2.05, 4.69) is 15.3 Å². The molecule has 1 amide bonds. The molecule has 0 aliphatic heterocycles. The molecule has 0 aliphatic rings. The Hall–Kier alpha value is -3.52. The number of ether oxygens (including phenoxy) is 2. The van der Waals surface area contributed by atoms with Gasteiger partial charge in [-0.15, -0.1) is 0 Å². The fourth-order valence-electron chi connectivity index (χ4n) is 3.23. The molecule has 0 spiro atoms. The summed E-state index contributed by atoms with van der Waals surface area (Å²) < 4.78 is 11.0. The molecule has 2 N–H and O–H groups in total. The minimum absolute atomic E-state index is 0.196. The van der Waals surface area contributed by atoms with Crippen LogP contribution in [0.3, 0.4) is 0 Å². The number of rotatable bonds is 7. The van der Waals surface area contributed by atoms with Crippen molar-refractivity contribution in [3.8, 4) is 11.5 Å². The number of nitrogens with one attached hydrogen (secondary N) is 2. The number of benzene rings is 3. The number of carbonyl (C=O) groups is 1. The maximum Gasteiger partial charge on any atom is 0.262 e. The number of fused-ring (bicyclic) bond motifs is 1. The Morgan fingerprint density at radius 2 is 1.89 bits per heavy atom. The van der Waals surface area contributed by atoms with Gasteiger partial charge in [0.1, 0.15) is 0 Å². The van der Waals surface area contributed by atoms with Crippen LogP contribution < -0.4 is 20.3 Å². The third-order valence-electron chi connectivity index (χ3n) is 4.88. The van der Waals surface area contributed by atoms with Gasteiger partial charge in [0.2, 0.25) is 0 Å².